The molecular weight excluding hydrogens is 166 g/mol. The molecule has 0 aliphatic heterocycles. The normalized spacial score (nSPS) is 16.2. The van der Waals surface area contributed by atoms with Gasteiger partial charge in [-0.3, -0.25) is 0 Å². The Hall–Kier alpha value is -0.900. The van der Waals surface area contributed by atoms with Gasteiger partial charge in [-0.25, -0.2) is 0 Å². The van der Waals surface area contributed by atoms with Crippen LogP contribution in [0, 0.1) is 12.8 Å². The summed E-state index contributed by atoms with van der Waals surface area (Å²) < 4.78 is 4.89. The van der Waals surface area contributed by atoms with Crippen LogP contribution in [0.5, 0.6) is 0 Å². The van der Waals surface area contributed by atoms with E-state index in [1.165, 1.54) is 0 Å². The predicted molar refractivity (Wildman–Crippen MR) is 50.0 cm³/mol. The number of hydrogen-bond acceptors (Lipinski definition) is 4. The average Bonchev–Trinajstić information content (AvgIpc) is 2.32. The molecule has 0 aliphatic rings. The van der Waals surface area contributed by atoms with E-state index in [0.717, 1.165) is 6.42 Å². The van der Waals surface area contributed by atoms with Gasteiger partial charge in [-0.05, 0) is 19.3 Å². The largest absolute Gasteiger partial charge is 0.340 e. The fourth-order valence-electron chi connectivity index (χ4n) is 1.47. The standard InChI is InChI=1S/C9H17N3O/c1-6(2)5-9(4,10)8-11-7(3)13-12-8/h6H,5,10H2,1-4H3. The molecule has 0 saturated heterocycles. The monoisotopic (exact) mass is 183 g/mol. The van der Waals surface area contributed by atoms with E-state index in [-0.39, 0.29) is 0 Å². The van der Waals surface area contributed by atoms with Crippen molar-refractivity contribution in [3.63, 3.8) is 0 Å². The molecule has 1 heterocycles. The van der Waals surface area contributed by atoms with Gasteiger partial charge in [0.05, 0.1) is 5.54 Å². The summed E-state index contributed by atoms with van der Waals surface area (Å²) in [5, 5.41) is 3.83. The lowest BCUT2D eigenvalue weighted by Crippen LogP contribution is -2.35. The van der Waals surface area contributed by atoms with Crippen molar-refractivity contribution in [3.05, 3.63) is 11.7 Å². The first kappa shape index (κ1) is 10.2. The van der Waals surface area contributed by atoms with Gasteiger partial charge in [0.25, 0.3) is 0 Å². The molecule has 0 radical (unpaired) electrons. The van der Waals surface area contributed by atoms with Crippen molar-refractivity contribution >= 4 is 0 Å². The fraction of sp³-hybridized carbons (Fsp3) is 0.778. The van der Waals surface area contributed by atoms with Crippen LogP contribution >= 0.6 is 0 Å². The zero-order valence-corrected chi connectivity index (χ0v) is 8.66. The van der Waals surface area contributed by atoms with E-state index in [1.54, 1.807) is 6.92 Å². The fourth-order valence-corrected chi connectivity index (χ4v) is 1.47. The van der Waals surface area contributed by atoms with Gasteiger partial charge in [0.1, 0.15) is 0 Å². The highest BCUT2D eigenvalue weighted by Crippen LogP contribution is 2.22. The van der Waals surface area contributed by atoms with Crippen molar-refractivity contribution in [1.29, 1.82) is 0 Å². The lowest BCUT2D eigenvalue weighted by Gasteiger charge is -2.22. The van der Waals surface area contributed by atoms with E-state index in [1.807, 2.05) is 6.92 Å². The maximum Gasteiger partial charge on any atom is 0.223 e. The molecule has 0 aliphatic carbocycles. The minimum absolute atomic E-state index is 0.480. The molecule has 74 valence electrons. The van der Waals surface area contributed by atoms with Crippen LogP contribution in [-0.2, 0) is 5.54 Å². The molecule has 1 atom stereocenters. The van der Waals surface area contributed by atoms with Crippen LogP contribution < -0.4 is 5.73 Å². The molecule has 0 amide bonds. The van der Waals surface area contributed by atoms with Crippen LogP contribution in [0.4, 0.5) is 0 Å². The van der Waals surface area contributed by atoms with Crippen molar-refractivity contribution in [2.45, 2.75) is 39.7 Å². The minimum Gasteiger partial charge on any atom is -0.340 e. The maximum atomic E-state index is 6.07. The molecule has 4 heteroatoms. The van der Waals surface area contributed by atoms with Gasteiger partial charge in [-0.2, -0.15) is 4.98 Å². The van der Waals surface area contributed by atoms with Gasteiger partial charge >= 0.3 is 0 Å². The Morgan fingerprint density at radius 3 is 2.54 bits per heavy atom. The number of aryl methyl sites for hydroxylation is 1. The van der Waals surface area contributed by atoms with E-state index in [0.29, 0.717) is 17.6 Å². The summed E-state index contributed by atoms with van der Waals surface area (Å²) in [4.78, 5) is 4.13. The summed E-state index contributed by atoms with van der Waals surface area (Å²) in [7, 11) is 0. The molecule has 4 nitrogen and oxygen atoms in total. The van der Waals surface area contributed by atoms with Crippen LogP contribution in [0.15, 0.2) is 4.52 Å². The smallest absolute Gasteiger partial charge is 0.223 e. The van der Waals surface area contributed by atoms with E-state index >= 15 is 0 Å². The van der Waals surface area contributed by atoms with Crippen molar-refractivity contribution < 1.29 is 4.52 Å². The molecule has 13 heavy (non-hydrogen) atoms. The van der Waals surface area contributed by atoms with Crippen LogP contribution in [0.1, 0.15) is 38.9 Å². The Bertz CT molecular complexity index is 278. The molecule has 0 spiro atoms. The summed E-state index contributed by atoms with van der Waals surface area (Å²) in [6.45, 7) is 7.94. The second-order valence-corrected chi connectivity index (χ2v) is 4.15. The first-order valence-corrected chi connectivity index (χ1v) is 4.51. The Balaban J connectivity index is 2.80. The van der Waals surface area contributed by atoms with Crippen molar-refractivity contribution in [2.75, 3.05) is 0 Å². The van der Waals surface area contributed by atoms with E-state index in [2.05, 4.69) is 24.0 Å². The second kappa shape index (κ2) is 3.46. The third-order valence-corrected chi connectivity index (χ3v) is 1.87. The summed E-state index contributed by atoms with van der Waals surface area (Å²) in [6.07, 6.45) is 0.853. The lowest BCUT2D eigenvalue weighted by molar-refractivity contribution is 0.330. The van der Waals surface area contributed by atoms with Gasteiger partial charge in [0, 0.05) is 6.92 Å². The summed E-state index contributed by atoms with van der Waals surface area (Å²) in [5.74, 6) is 1.68. The van der Waals surface area contributed by atoms with Gasteiger partial charge in [-0.15, -0.1) is 0 Å². The first-order chi connectivity index (χ1) is 5.92. The highest BCUT2D eigenvalue weighted by molar-refractivity contribution is 5.01. The predicted octanol–water partition coefficient (Wildman–Crippen LogP) is 1.60. The number of hydrogen-bond donors (Lipinski definition) is 1. The van der Waals surface area contributed by atoms with Crippen molar-refractivity contribution in [1.82, 2.24) is 10.1 Å². The molecule has 0 aromatic carbocycles. The van der Waals surface area contributed by atoms with E-state index in [4.69, 9.17) is 10.3 Å². The first-order valence-electron chi connectivity index (χ1n) is 4.51. The van der Waals surface area contributed by atoms with Crippen LogP contribution in [0.25, 0.3) is 0 Å². The van der Waals surface area contributed by atoms with Gasteiger partial charge in [0.15, 0.2) is 5.82 Å². The molecule has 1 aromatic rings. The van der Waals surface area contributed by atoms with Crippen LogP contribution in [-0.4, -0.2) is 10.1 Å². The molecule has 0 fully saturated rings. The molecule has 0 saturated carbocycles. The second-order valence-electron chi connectivity index (χ2n) is 4.15. The van der Waals surface area contributed by atoms with Crippen molar-refractivity contribution in [3.8, 4) is 0 Å². The van der Waals surface area contributed by atoms with E-state index < -0.39 is 5.54 Å². The third kappa shape index (κ3) is 2.52. The molecule has 1 rings (SSSR count). The Morgan fingerprint density at radius 1 is 1.54 bits per heavy atom. The lowest BCUT2D eigenvalue weighted by atomic mass is 9.91. The Labute approximate surface area is 78.5 Å². The van der Waals surface area contributed by atoms with Gasteiger partial charge in [0.2, 0.25) is 5.89 Å². The quantitative estimate of drug-likeness (QED) is 0.773. The highest BCUT2D eigenvalue weighted by atomic mass is 16.5. The Kier molecular flexibility index (Phi) is 2.71. The average molecular weight is 183 g/mol. The molecule has 1 aromatic heterocycles. The molecular formula is C9H17N3O. The van der Waals surface area contributed by atoms with Crippen molar-refractivity contribution in [2.24, 2.45) is 11.7 Å². The number of nitrogens with zero attached hydrogens (tertiary/aromatic N) is 2. The molecule has 1 unspecified atom stereocenters. The number of nitrogens with two attached hydrogens (primary N) is 1. The minimum atomic E-state index is -0.480. The van der Waals surface area contributed by atoms with Crippen LogP contribution in [0.2, 0.25) is 0 Å². The SMILES string of the molecule is Cc1nc(C(C)(N)CC(C)C)no1. The number of rotatable bonds is 3. The highest BCUT2D eigenvalue weighted by Gasteiger charge is 2.27. The number of aromatic nitrogens is 2. The topological polar surface area (TPSA) is 64.9 Å². The van der Waals surface area contributed by atoms with Gasteiger partial charge in [-0.1, -0.05) is 19.0 Å². The summed E-state index contributed by atoms with van der Waals surface area (Å²) in [5.41, 5.74) is 5.59. The summed E-state index contributed by atoms with van der Waals surface area (Å²) >= 11 is 0. The maximum absolute atomic E-state index is 6.07. The zero-order valence-electron chi connectivity index (χ0n) is 8.66. The molecule has 2 N–H and O–H groups in total. The van der Waals surface area contributed by atoms with Gasteiger partial charge < -0.3 is 10.3 Å². The Morgan fingerprint density at radius 2 is 2.15 bits per heavy atom. The molecule has 0 bridgehead atoms. The van der Waals surface area contributed by atoms with E-state index in [9.17, 15) is 0 Å². The van der Waals surface area contributed by atoms with Crippen LogP contribution in [0.3, 0.4) is 0 Å². The summed E-state index contributed by atoms with van der Waals surface area (Å²) in [6, 6.07) is 0. The zero-order chi connectivity index (χ0) is 10.1. The third-order valence-electron chi connectivity index (χ3n) is 1.87.